The number of nitrogens with zero attached hydrogens (tertiary/aromatic N) is 2. The Morgan fingerprint density at radius 1 is 1.11 bits per heavy atom. The summed E-state index contributed by atoms with van der Waals surface area (Å²) in [6.07, 6.45) is 1.90. The fourth-order valence-electron chi connectivity index (χ4n) is 4.80. The van der Waals surface area contributed by atoms with Gasteiger partial charge >= 0.3 is 10.5 Å². The molecule has 2 aromatic heterocycles. The van der Waals surface area contributed by atoms with Crippen LogP contribution in [-0.4, -0.2) is 25.1 Å². The van der Waals surface area contributed by atoms with E-state index in [2.05, 4.69) is 19.8 Å². The van der Waals surface area contributed by atoms with E-state index >= 15 is 0 Å². The second-order valence-electron chi connectivity index (χ2n) is 8.72. The number of pyridine rings is 1. The van der Waals surface area contributed by atoms with Crippen molar-refractivity contribution in [1.29, 1.82) is 5.26 Å². The van der Waals surface area contributed by atoms with Crippen molar-refractivity contribution in [2.24, 2.45) is 0 Å². The molecule has 0 spiro atoms. The average Bonchev–Trinajstić information content (AvgIpc) is 3.61. The topological polar surface area (TPSA) is 114 Å². The van der Waals surface area contributed by atoms with Crippen LogP contribution < -0.4 is 14.3 Å². The van der Waals surface area contributed by atoms with Gasteiger partial charge in [0, 0.05) is 22.5 Å². The first-order valence-electron chi connectivity index (χ1n) is 11.1. The fourth-order valence-corrected chi connectivity index (χ4v) is 5.14. The van der Waals surface area contributed by atoms with E-state index in [0.29, 0.717) is 49.9 Å². The molecular formula is C26H18FN3O5S. The van der Waals surface area contributed by atoms with Crippen LogP contribution in [0, 0.1) is 11.3 Å². The third-order valence-corrected chi connectivity index (χ3v) is 6.84. The van der Waals surface area contributed by atoms with Crippen molar-refractivity contribution in [2.75, 3.05) is 7.11 Å². The molecule has 1 aliphatic rings. The molecule has 10 heteroatoms. The quantitative estimate of drug-likeness (QED) is 0.333. The molecule has 2 heterocycles. The van der Waals surface area contributed by atoms with Crippen molar-refractivity contribution in [3.05, 3.63) is 70.4 Å². The van der Waals surface area contributed by atoms with Crippen LogP contribution in [0.15, 0.2) is 59.4 Å². The summed E-state index contributed by atoms with van der Waals surface area (Å²) < 4.78 is 47.2. The van der Waals surface area contributed by atoms with Gasteiger partial charge in [-0.25, -0.2) is 0 Å². The highest BCUT2D eigenvalue weighted by molar-refractivity contribution is 7.81. The number of nitrogens with one attached hydrogen (secondary N) is 1. The van der Waals surface area contributed by atoms with Gasteiger partial charge in [-0.05, 0) is 54.8 Å². The lowest BCUT2D eigenvalue weighted by Gasteiger charge is -2.16. The SMILES string of the molecule is COc1cc2c(=O)c3c4ccc(C#N)cc4[nH]c3n(C3CC3)c2cc1-c1cccc(OS(=O)(=O)F)c1. The van der Waals surface area contributed by atoms with Crippen LogP contribution in [0.3, 0.4) is 0 Å². The van der Waals surface area contributed by atoms with Gasteiger partial charge < -0.3 is 18.5 Å². The fraction of sp³-hybridized carbons (Fsp3) is 0.154. The van der Waals surface area contributed by atoms with Gasteiger partial charge in [-0.1, -0.05) is 22.1 Å². The smallest absolute Gasteiger partial charge is 0.488 e. The minimum atomic E-state index is -5.18. The van der Waals surface area contributed by atoms with E-state index in [1.54, 1.807) is 36.4 Å². The highest BCUT2D eigenvalue weighted by atomic mass is 32.3. The first kappa shape index (κ1) is 22.1. The number of H-pyrrole nitrogens is 1. The molecule has 5 aromatic rings. The van der Waals surface area contributed by atoms with E-state index in [9.17, 15) is 22.4 Å². The van der Waals surface area contributed by atoms with Gasteiger partial charge in [0.1, 0.15) is 17.1 Å². The van der Waals surface area contributed by atoms with Crippen LogP contribution in [0.2, 0.25) is 0 Å². The lowest BCUT2D eigenvalue weighted by Crippen LogP contribution is -2.11. The van der Waals surface area contributed by atoms with E-state index in [1.165, 1.54) is 19.2 Å². The molecule has 0 unspecified atom stereocenters. The van der Waals surface area contributed by atoms with Crippen molar-refractivity contribution in [3.63, 3.8) is 0 Å². The molecule has 3 aromatic carbocycles. The number of aromatic amines is 1. The van der Waals surface area contributed by atoms with Gasteiger partial charge in [0.15, 0.2) is 5.43 Å². The van der Waals surface area contributed by atoms with Crippen molar-refractivity contribution >= 4 is 43.3 Å². The van der Waals surface area contributed by atoms with Gasteiger partial charge in [-0.15, -0.1) is 0 Å². The molecule has 0 saturated heterocycles. The highest BCUT2D eigenvalue weighted by Crippen LogP contribution is 2.43. The molecule has 1 fully saturated rings. The highest BCUT2D eigenvalue weighted by Gasteiger charge is 2.29. The summed E-state index contributed by atoms with van der Waals surface area (Å²) in [4.78, 5) is 17.1. The van der Waals surface area contributed by atoms with E-state index < -0.39 is 10.5 Å². The van der Waals surface area contributed by atoms with Gasteiger partial charge in [0.05, 0.1) is 35.0 Å². The predicted molar refractivity (Wildman–Crippen MR) is 133 cm³/mol. The molecular weight excluding hydrogens is 485 g/mol. The van der Waals surface area contributed by atoms with E-state index in [1.807, 2.05) is 6.07 Å². The maximum absolute atomic E-state index is 13.8. The molecule has 180 valence electrons. The summed E-state index contributed by atoms with van der Waals surface area (Å²) in [5, 5.41) is 11.1. The molecule has 8 nitrogen and oxygen atoms in total. The molecule has 1 aliphatic carbocycles. The van der Waals surface area contributed by atoms with Gasteiger partial charge in [0.25, 0.3) is 0 Å². The number of benzene rings is 3. The van der Waals surface area contributed by atoms with Crippen LogP contribution in [0.5, 0.6) is 11.5 Å². The summed E-state index contributed by atoms with van der Waals surface area (Å²) in [5.41, 5.74) is 3.50. The van der Waals surface area contributed by atoms with Gasteiger partial charge in [0.2, 0.25) is 0 Å². The summed E-state index contributed by atoms with van der Waals surface area (Å²) in [7, 11) is -3.71. The number of halogens is 1. The maximum Gasteiger partial charge on any atom is 0.488 e. The third kappa shape index (κ3) is 3.56. The molecule has 0 amide bonds. The Morgan fingerprint density at radius 2 is 1.92 bits per heavy atom. The molecule has 0 aliphatic heterocycles. The van der Waals surface area contributed by atoms with Crippen LogP contribution in [0.25, 0.3) is 44.0 Å². The number of ether oxygens (including phenoxy) is 1. The van der Waals surface area contributed by atoms with E-state index in [4.69, 9.17) is 4.74 Å². The molecule has 1 N–H and O–H groups in total. The van der Waals surface area contributed by atoms with Crippen LogP contribution in [0.1, 0.15) is 24.4 Å². The molecule has 1 saturated carbocycles. The molecule has 36 heavy (non-hydrogen) atoms. The number of rotatable bonds is 5. The number of aromatic nitrogens is 2. The third-order valence-electron chi connectivity index (χ3n) is 6.45. The Balaban J connectivity index is 1.68. The van der Waals surface area contributed by atoms with Crippen molar-refractivity contribution in [1.82, 2.24) is 9.55 Å². The predicted octanol–water partition coefficient (Wildman–Crippen LogP) is 5.11. The standard InChI is InChI=1S/C26H18FN3O5S/c1-34-23-12-20-22(11-19(23)15-3-2-4-17(10-15)35-36(27,32)33)30(16-6-7-16)26-24(25(20)31)18-8-5-14(13-28)9-21(18)29-26/h2-5,8-12,16,29H,6-7H2,1H3. The summed E-state index contributed by atoms with van der Waals surface area (Å²) in [6, 6.07) is 17.0. The number of hydrogen-bond acceptors (Lipinski definition) is 6. The molecule has 6 rings (SSSR count). The minimum absolute atomic E-state index is 0.168. The van der Waals surface area contributed by atoms with Crippen molar-refractivity contribution in [3.8, 4) is 28.7 Å². The molecule has 0 bridgehead atoms. The van der Waals surface area contributed by atoms with Crippen LogP contribution in [-0.2, 0) is 10.5 Å². The van der Waals surface area contributed by atoms with E-state index in [-0.39, 0.29) is 17.2 Å². The second-order valence-corrected chi connectivity index (χ2v) is 9.68. The Kier molecular flexibility index (Phi) is 4.81. The zero-order valence-electron chi connectivity index (χ0n) is 18.9. The molecule has 0 radical (unpaired) electrons. The first-order valence-corrected chi connectivity index (χ1v) is 12.4. The summed E-state index contributed by atoms with van der Waals surface area (Å²) in [5.74, 6) is 0.212. The van der Waals surface area contributed by atoms with Crippen molar-refractivity contribution in [2.45, 2.75) is 18.9 Å². The van der Waals surface area contributed by atoms with Crippen LogP contribution in [0.4, 0.5) is 3.89 Å². The Morgan fingerprint density at radius 3 is 2.61 bits per heavy atom. The molecule has 0 atom stereocenters. The largest absolute Gasteiger partial charge is 0.496 e. The number of nitriles is 1. The Hall–Kier alpha value is -4.36. The van der Waals surface area contributed by atoms with Crippen molar-refractivity contribution < 1.29 is 21.2 Å². The zero-order chi connectivity index (χ0) is 25.2. The summed E-state index contributed by atoms with van der Waals surface area (Å²) >= 11 is 0. The maximum atomic E-state index is 13.8. The van der Waals surface area contributed by atoms with Gasteiger partial charge in [-0.2, -0.15) is 13.7 Å². The monoisotopic (exact) mass is 503 g/mol. The van der Waals surface area contributed by atoms with Gasteiger partial charge in [-0.3, -0.25) is 4.79 Å². The van der Waals surface area contributed by atoms with Crippen LogP contribution >= 0.6 is 0 Å². The normalized spacial score (nSPS) is 13.8. The number of methoxy groups -OCH3 is 1. The second kappa shape index (κ2) is 7.83. The first-order chi connectivity index (χ1) is 17.3. The lowest BCUT2D eigenvalue weighted by molar-refractivity contribution is 0.417. The zero-order valence-corrected chi connectivity index (χ0v) is 19.7. The average molecular weight is 504 g/mol. The lowest BCUT2D eigenvalue weighted by atomic mass is 10.0. The summed E-state index contributed by atoms with van der Waals surface area (Å²) in [6.45, 7) is 0. The minimum Gasteiger partial charge on any atom is -0.496 e. The van der Waals surface area contributed by atoms with E-state index in [0.717, 1.165) is 18.2 Å². The Bertz CT molecular complexity index is 1930. The number of hydrogen-bond donors (Lipinski definition) is 1. The number of fused-ring (bicyclic) bond motifs is 4. The Labute approximate surface area is 204 Å².